The second-order valence-corrected chi connectivity index (χ2v) is 13.8. The van der Waals surface area contributed by atoms with Gasteiger partial charge < -0.3 is 28.5 Å². The minimum absolute atomic E-state index is 0.103. The average Bonchev–Trinajstić information content (AvgIpc) is 3.71. The van der Waals surface area contributed by atoms with Crippen molar-refractivity contribution in [1.29, 1.82) is 0 Å². The molecule has 0 saturated carbocycles. The van der Waals surface area contributed by atoms with Crippen LogP contribution in [-0.2, 0) is 22.7 Å². The maximum Gasteiger partial charge on any atom is 0.413 e. The number of nitrogens with zero attached hydrogens (tertiary/aromatic N) is 4. The number of aromatic nitrogens is 2. The molecule has 13 nitrogen and oxygen atoms in total. The van der Waals surface area contributed by atoms with E-state index in [1.165, 1.54) is 6.07 Å². The van der Waals surface area contributed by atoms with Gasteiger partial charge in [-0.25, -0.2) is 9.59 Å². The minimum Gasteiger partial charge on any atom is -0.497 e. The Balaban J connectivity index is 1.21. The number of quaternary nitrogens is 2. The van der Waals surface area contributed by atoms with Gasteiger partial charge in [0.2, 0.25) is 12.3 Å². The van der Waals surface area contributed by atoms with E-state index in [-0.39, 0.29) is 19.0 Å². The van der Waals surface area contributed by atoms with Gasteiger partial charge in [0, 0.05) is 11.6 Å². The number of aryl methyl sites for hydroxylation is 1. The van der Waals surface area contributed by atoms with Crippen LogP contribution in [0.25, 0.3) is 11.0 Å². The van der Waals surface area contributed by atoms with Gasteiger partial charge in [0.1, 0.15) is 41.9 Å². The van der Waals surface area contributed by atoms with Crippen molar-refractivity contribution in [2.75, 3.05) is 51.7 Å². The fourth-order valence-corrected chi connectivity index (χ4v) is 7.73. The maximum atomic E-state index is 16.0. The lowest BCUT2D eigenvalue weighted by atomic mass is 10.00. The molecule has 2 aromatic heterocycles. The van der Waals surface area contributed by atoms with E-state index in [0.717, 1.165) is 28.5 Å². The van der Waals surface area contributed by atoms with Gasteiger partial charge in [-0.05, 0) is 96.0 Å². The molecule has 3 atom stereocenters. The zero-order valence-electron chi connectivity index (χ0n) is 32.9. The van der Waals surface area contributed by atoms with E-state index in [4.69, 9.17) is 23.4 Å². The first kappa shape index (κ1) is 41.6. The van der Waals surface area contributed by atoms with Gasteiger partial charge >= 0.3 is 23.9 Å². The van der Waals surface area contributed by atoms with E-state index in [1.807, 2.05) is 66.7 Å². The van der Waals surface area contributed by atoms with E-state index in [1.54, 1.807) is 31.4 Å². The van der Waals surface area contributed by atoms with E-state index in [0.29, 0.717) is 76.0 Å². The lowest BCUT2D eigenvalue weighted by molar-refractivity contribution is -1.08. The Morgan fingerprint density at radius 3 is 2.11 bits per heavy atom. The number of anilines is 1. The summed E-state index contributed by atoms with van der Waals surface area (Å²) in [5, 5.41) is 14.5. The predicted octanol–water partition coefficient (Wildman–Crippen LogP) is 6.77. The average molecular weight is 771 g/mol. The number of aliphatic hydroxyl groups is 1. The standard InChI is InChI=1S/C40H54F2N5O8/c1-9-46(10-2,11-3)36(47(12-4,13-5)14-6)34-35(48)40(41,42)37(55-34)45-20-19-32(43-38(45)49)44-39(50)53-24-27-15-17-29(18-16-27)52-25-31-23-28-22-30(51-8)21-26(7)33(28)54-31/h15-23,34-35,37,48H,9-14,24-25H2,1-8H3,(H,43,44,49,50)/q+2/t34-,35+,37+/m0/s1. The van der Waals surface area contributed by atoms with Crippen molar-refractivity contribution in [3.8, 4) is 11.5 Å². The summed E-state index contributed by atoms with van der Waals surface area (Å²) in [6.07, 6.45) is -4.85. The topological polar surface area (TPSA) is 134 Å². The van der Waals surface area contributed by atoms with Crippen LogP contribution in [0.15, 0.2) is 63.9 Å². The molecule has 15 heteroatoms. The Hall–Kier alpha value is -4.57. The molecule has 0 unspecified atom stereocenters. The highest BCUT2D eigenvalue weighted by molar-refractivity contribution is 5.83. The van der Waals surface area contributed by atoms with E-state index in [2.05, 4.69) is 10.3 Å². The molecular weight excluding hydrogens is 716 g/mol. The lowest BCUT2D eigenvalue weighted by Crippen LogP contribution is -2.70. The van der Waals surface area contributed by atoms with Crippen molar-refractivity contribution in [3.05, 3.63) is 88.3 Å². The molecule has 2 N–H and O–H groups in total. The zero-order chi connectivity index (χ0) is 40.1. The maximum absolute atomic E-state index is 16.0. The summed E-state index contributed by atoms with van der Waals surface area (Å²) < 4.78 is 61.9. The smallest absolute Gasteiger partial charge is 0.413 e. The first-order valence-corrected chi connectivity index (χ1v) is 18.9. The molecule has 1 saturated heterocycles. The first-order chi connectivity index (χ1) is 26.2. The number of carbonyl (C=O) groups excluding carboxylic acids is 1. The van der Waals surface area contributed by atoms with E-state index >= 15 is 8.78 Å². The van der Waals surface area contributed by atoms with Crippen molar-refractivity contribution in [1.82, 2.24) is 9.55 Å². The van der Waals surface area contributed by atoms with Crippen LogP contribution in [0.2, 0.25) is 0 Å². The normalized spacial score (nSPS) is 18.5. The molecule has 0 bridgehead atoms. The van der Waals surface area contributed by atoms with Crippen LogP contribution in [0.1, 0.15) is 64.7 Å². The van der Waals surface area contributed by atoms with Crippen molar-refractivity contribution in [2.45, 2.75) is 86.0 Å². The van der Waals surface area contributed by atoms with E-state index < -0.39 is 36.1 Å². The number of furan rings is 1. The molecule has 0 spiro atoms. The van der Waals surface area contributed by atoms with Crippen LogP contribution >= 0.6 is 0 Å². The number of likely N-dealkylation sites (N-methyl/N-ethyl adjacent to an activating group) is 2. The highest BCUT2D eigenvalue weighted by atomic mass is 19.3. The number of methoxy groups -OCH3 is 1. The van der Waals surface area contributed by atoms with Gasteiger partial charge in [0.15, 0.2) is 6.10 Å². The van der Waals surface area contributed by atoms with Gasteiger partial charge in [-0.3, -0.25) is 18.8 Å². The number of carbonyl (C=O) groups is 1. The Kier molecular flexibility index (Phi) is 12.9. The molecule has 299 valence electrons. The first-order valence-electron chi connectivity index (χ1n) is 18.9. The van der Waals surface area contributed by atoms with Crippen LogP contribution in [-0.4, -0.2) is 94.2 Å². The van der Waals surface area contributed by atoms with Gasteiger partial charge in [-0.1, -0.05) is 12.1 Å². The Morgan fingerprint density at radius 1 is 0.927 bits per heavy atom. The van der Waals surface area contributed by atoms with Crippen molar-refractivity contribution in [2.24, 2.45) is 0 Å². The molecule has 0 aliphatic carbocycles. The monoisotopic (exact) mass is 770 g/mol. The molecular formula is C40H54F2N5O8+2. The summed E-state index contributed by atoms with van der Waals surface area (Å²) in [7, 11) is 1.62. The van der Waals surface area contributed by atoms with Crippen LogP contribution in [0, 0.1) is 13.1 Å². The number of rotatable bonds is 17. The van der Waals surface area contributed by atoms with Crippen LogP contribution in [0.5, 0.6) is 11.5 Å². The number of aliphatic hydroxyl groups excluding tert-OH is 1. The second kappa shape index (κ2) is 17.1. The van der Waals surface area contributed by atoms with Gasteiger partial charge in [-0.15, -0.1) is 0 Å². The summed E-state index contributed by atoms with van der Waals surface area (Å²) >= 11 is 0. The summed E-state index contributed by atoms with van der Waals surface area (Å²) in [6, 6.07) is 13.8. The molecule has 1 aliphatic heterocycles. The quantitative estimate of drug-likeness (QED) is 0.112. The second-order valence-electron chi connectivity index (χ2n) is 13.8. The molecule has 1 amide bonds. The van der Waals surface area contributed by atoms with Gasteiger partial charge in [0.25, 0.3) is 0 Å². The molecule has 4 aromatic rings. The van der Waals surface area contributed by atoms with Gasteiger partial charge in [0.05, 0.1) is 46.4 Å². The molecule has 5 rings (SSSR count). The summed E-state index contributed by atoms with van der Waals surface area (Å²) in [4.78, 5) is 29.6. The predicted molar refractivity (Wildman–Crippen MR) is 202 cm³/mol. The number of fused-ring (bicyclic) bond motifs is 1. The number of alkyl halides is 2. The SMILES string of the molecule is CC[N+](CC)(CC)[C]([C@H]1O[C@@H](n2ccc(NC(=O)OCc3ccc(OCc4cc5cc(OC)cc(C)c5o4)cc3)nc2=O)C(F)(F)[C@@H]1O)[N+](CC)(CC)CC. The fraction of sp³-hybridized carbons (Fsp3) is 0.500. The molecule has 2 aromatic carbocycles. The number of amides is 1. The molecule has 1 radical (unpaired) electrons. The number of nitrogens with one attached hydrogen (secondary N) is 1. The lowest BCUT2D eigenvalue weighted by Gasteiger charge is -2.51. The molecule has 55 heavy (non-hydrogen) atoms. The Morgan fingerprint density at radius 2 is 1.55 bits per heavy atom. The third-order valence-corrected chi connectivity index (χ3v) is 11.2. The summed E-state index contributed by atoms with van der Waals surface area (Å²) in [6.45, 7) is 17.7. The fourth-order valence-electron chi connectivity index (χ4n) is 7.73. The minimum atomic E-state index is -3.83. The number of benzene rings is 2. The summed E-state index contributed by atoms with van der Waals surface area (Å²) in [5.41, 5.74) is 1.30. The van der Waals surface area contributed by atoms with Crippen molar-refractivity contribution in [3.63, 3.8) is 0 Å². The highest BCUT2D eigenvalue weighted by Gasteiger charge is 2.70. The third-order valence-electron chi connectivity index (χ3n) is 11.2. The van der Waals surface area contributed by atoms with Crippen LogP contribution < -0.4 is 20.5 Å². The van der Waals surface area contributed by atoms with Crippen molar-refractivity contribution < 1.29 is 51.0 Å². The van der Waals surface area contributed by atoms with E-state index in [9.17, 15) is 14.7 Å². The summed E-state index contributed by atoms with van der Waals surface area (Å²) in [5.74, 6) is -2.05. The molecule has 3 heterocycles. The number of ether oxygens (including phenoxy) is 4. The van der Waals surface area contributed by atoms with Crippen LogP contribution in [0.3, 0.4) is 0 Å². The molecule has 1 fully saturated rings. The molecule has 1 aliphatic rings. The third kappa shape index (κ3) is 8.20. The zero-order valence-corrected chi connectivity index (χ0v) is 32.9. The van der Waals surface area contributed by atoms with Gasteiger partial charge in [-0.2, -0.15) is 13.8 Å². The Bertz CT molecular complexity index is 1940. The highest BCUT2D eigenvalue weighted by Crippen LogP contribution is 2.49. The Labute approximate surface area is 320 Å². The number of hydrogen-bond donors (Lipinski definition) is 2. The van der Waals surface area contributed by atoms with Crippen LogP contribution in [0.4, 0.5) is 19.4 Å². The number of hydrogen-bond acceptors (Lipinski definition) is 9. The van der Waals surface area contributed by atoms with Crippen molar-refractivity contribution >= 4 is 22.9 Å². The number of halogens is 2. The largest absolute Gasteiger partial charge is 0.497 e.